The number of benzene rings is 2. The van der Waals surface area contributed by atoms with Gasteiger partial charge in [-0.3, -0.25) is 10.1 Å². The average Bonchev–Trinajstić information content (AvgIpc) is 3.42. The van der Waals surface area contributed by atoms with E-state index in [4.69, 9.17) is 27.6 Å². The van der Waals surface area contributed by atoms with Crippen LogP contribution in [0.1, 0.15) is 10.8 Å². The van der Waals surface area contributed by atoms with Gasteiger partial charge in [0.2, 0.25) is 0 Å². The molecule has 0 atom stereocenters. The van der Waals surface area contributed by atoms with Crippen molar-refractivity contribution < 1.29 is 9.34 Å². The monoisotopic (exact) mass is 467 g/mol. The van der Waals surface area contributed by atoms with E-state index in [-0.39, 0.29) is 5.69 Å². The number of nitro benzene ring substituents is 1. The summed E-state index contributed by atoms with van der Waals surface area (Å²) in [6.07, 6.45) is 1.57. The number of non-ortho nitro benzene ring substituents is 1. The summed E-state index contributed by atoms with van der Waals surface area (Å²) < 4.78 is 5.82. The molecule has 152 valence electrons. The summed E-state index contributed by atoms with van der Waals surface area (Å²) in [7, 11) is 0. The molecule has 0 bridgehead atoms. The molecule has 0 N–H and O–H groups in total. The van der Waals surface area contributed by atoms with Crippen molar-refractivity contribution >= 4 is 51.9 Å². The van der Waals surface area contributed by atoms with Gasteiger partial charge in [0.05, 0.1) is 31.8 Å². The van der Waals surface area contributed by atoms with Crippen LogP contribution < -0.4 is 0 Å². The van der Waals surface area contributed by atoms with Gasteiger partial charge in [0, 0.05) is 29.2 Å². The number of halogens is 2. The Labute approximate surface area is 190 Å². The normalized spacial score (nSPS) is 11.3. The van der Waals surface area contributed by atoms with Crippen molar-refractivity contribution in [1.29, 1.82) is 5.26 Å². The lowest BCUT2D eigenvalue weighted by Gasteiger charge is -2.02. The van der Waals surface area contributed by atoms with Crippen molar-refractivity contribution in [1.82, 2.24) is 4.98 Å². The second kappa shape index (κ2) is 8.74. The first kappa shape index (κ1) is 20.8. The molecule has 2 heterocycles. The van der Waals surface area contributed by atoms with Crippen LogP contribution in [0.4, 0.5) is 5.69 Å². The van der Waals surface area contributed by atoms with Gasteiger partial charge in [-0.2, -0.15) is 5.26 Å². The van der Waals surface area contributed by atoms with Gasteiger partial charge < -0.3 is 4.42 Å². The van der Waals surface area contributed by atoms with Gasteiger partial charge in [-0.25, -0.2) is 4.98 Å². The molecule has 0 unspecified atom stereocenters. The maximum atomic E-state index is 11.0. The van der Waals surface area contributed by atoms with E-state index in [0.29, 0.717) is 49.0 Å². The first-order valence-electron chi connectivity index (χ1n) is 8.83. The smallest absolute Gasteiger partial charge is 0.270 e. The molecule has 2 aromatic heterocycles. The number of thiazole rings is 1. The van der Waals surface area contributed by atoms with E-state index in [1.165, 1.54) is 23.5 Å². The third-order valence-electron chi connectivity index (χ3n) is 4.33. The van der Waals surface area contributed by atoms with Gasteiger partial charge in [-0.1, -0.05) is 41.4 Å². The van der Waals surface area contributed by atoms with Crippen molar-refractivity contribution in [2.75, 3.05) is 0 Å². The number of aromatic nitrogens is 1. The minimum atomic E-state index is -0.461. The Hall–Kier alpha value is -3.44. The summed E-state index contributed by atoms with van der Waals surface area (Å²) in [5.74, 6) is 0.921. The Kier molecular flexibility index (Phi) is 5.87. The minimum absolute atomic E-state index is 0.0237. The maximum absolute atomic E-state index is 11.0. The molecule has 0 spiro atoms. The minimum Gasteiger partial charge on any atom is -0.457 e. The Balaban J connectivity index is 1.65. The lowest BCUT2D eigenvalue weighted by atomic mass is 10.1. The summed E-state index contributed by atoms with van der Waals surface area (Å²) in [5.41, 5.74) is 2.00. The van der Waals surface area contributed by atoms with Crippen molar-refractivity contribution in [2.24, 2.45) is 0 Å². The Morgan fingerprint density at radius 3 is 2.61 bits per heavy atom. The van der Waals surface area contributed by atoms with Crippen LogP contribution in [0.25, 0.3) is 34.2 Å². The van der Waals surface area contributed by atoms with Gasteiger partial charge in [0.25, 0.3) is 5.69 Å². The molecule has 31 heavy (non-hydrogen) atoms. The molecular weight excluding hydrogens is 457 g/mol. The van der Waals surface area contributed by atoms with E-state index in [1.54, 1.807) is 53.9 Å². The fourth-order valence-electron chi connectivity index (χ4n) is 2.89. The lowest BCUT2D eigenvalue weighted by Crippen LogP contribution is -1.88. The molecule has 4 rings (SSSR count). The highest BCUT2D eigenvalue weighted by Gasteiger charge is 2.15. The number of hydrogen-bond donors (Lipinski definition) is 0. The zero-order valence-electron chi connectivity index (χ0n) is 15.6. The molecule has 0 amide bonds. The molecule has 9 heteroatoms. The number of rotatable bonds is 5. The van der Waals surface area contributed by atoms with E-state index >= 15 is 0 Å². The van der Waals surface area contributed by atoms with E-state index in [2.05, 4.69) is 11.1 Å². The first-order chi connectivity index (χ1) is 15.0. The molecule has 4 aromatic rings. The number of furan rings is 1. The predicted octanol–water partition coefficient (Wildman–Crippen LogP) is 7.35. The Morgan fingerprint density at radius 2 is 1.90 bits per heavy atom. The number of allylic oxidation sites excluding steroid dienone is 1. The molecular formula is C22H11Cl2N3O3S. The van der Waals surface area contributed by atoms with Crippen LogP contribution in [0, 0.1) is 21.4 Å². The SMILES string of the molecule is N#CC(=Cc1ccc(-c2c(Cl)cccc2Cl)o1)c1nc(-c2cccc([N+](=O)[O-])c2)cs1. The highest BCUT2D eigenvalue weighted by atomic mass is 35.5. The maximum Gasteiger partial charge on any atom is 0.270 e. The van der Waals surface area contributed by atoms with E-state index < -0.39 is 4.92 Å². The van der Waals surface area contributed by atoms with E-state index in [1.807, 2.05) is 0 Å². The molecule has 0 fully saturated rings. The summed E-state index contributed by atoms with van der Waals surface area (Å²) in [4.78, 5) is 15.0. The van der Waals surface area contributed by atoms with Crippen LogP contribution in [-0.2, 0) is 0 Å². The highest BCUT2D eigenvalue weighted by molar-refractivity contribution is 7.11. The van der Waals surface area contributed by atoms with Gasteiger partial charge in [0.15, 0.2) is 0 Å². The number of nitrogens with zero attached hydrogens (tertiary/aromatic N) is 3. The van der Waals surface area contributed by atoms with Crippen LogP contribution in [-0.4, -0.2) is 9.91 Å². The second-order valence-electron chi connectivity index (χ2n) is 6.31. The summed E-state index contributed by atoms with van der Waals surface area (Å²) in [6.45, 7) is 0. The molecule has 0 saturated heterocycles. The fourth-order valence-corrected chi connectivity index (χ4v) is 4.27. The Bertz CT molecular complexity index is 1350. The average molecular weight is 468 g/mol. The van der Waals surface area contributed by atoms with Crippen LogP contribution >= 0.6 is 34.5 Å². The zero-order chi connectivity index (χ0) is 22.0. The van der Waals surface area contributed by atoms with Crippen molar-refractivity contribution in [2.45, 2.75) is 0 Å². The first-order valence-corrected chi connectivity index (χ1v) is 10.5. The summed E-state index contributed by atoms with van der Waals surface area (Å²) >= 11 is 13.7. The third kappa shape index (κ3) is 4.37. The van der Waals surface area contributed by atoms with Gasteiger partial charge in [-0.15, -0.1) is 11.3 Å². The summed E-state index contributed by atoms with van der Waals surface area (Å²) in [5, 5.41) is 23.8. The van der Waals surface area contributed by atoms with Crippen molar-refractivity contribution in [3.8, 4) is 28.7 Å². The molecule has 0 aliphatic rings. The second-order valence-corrected chi connectivity index (χ2v) is 7.99. The molecule has 0 saturated carbocycles. The zero-order valence-corrected chi connectivity index (χ0v) is 17.9. The van der Waals surface area contributed by atoms with Crippen molar-refractivity contribution in [3.63, 3.8) is 0 Å². The molecule has 0 radical (unpaired) electrons. The highest BCUT2D eigenvalue weighted by Crippen LogP contribution is 2.36. The van der Waals surface area contributed by atoms with E-state index in [9.17, 15) is 15.4 Å². The summed E-state index contributed by atoms with van der Waals surface area (Å²) in [6, 6.07) is 16.9. The van der Waals surface area contributed by atoms with Gasteiger partial charge in [0.1, 0.15) is 22.6 Å². The van der Waals surface area contributed by atoms with Crippen LogP contribution in [0.5, 0.6) is 0 Å². The van der Waals surface area contributed by atoms with Crippen molar-refractivity contribution in [3.05, 3.63) is 90.9 Å². The van der Waals surface area contributed by atoms with Crippen LogP contribution in [0.3, 0.4) is 0 Å². The largest absolute Gasteiger partial charge is 0.457 e. The van der Waals surface area contributed by atoms with Crippen LogP contribution in [0.2, 0.25) is 10.0 Å². The number of nitro groups is 1. The molecule has 0 aliphatic carbocycles. The standard InChI is InChI=1S/C22H11Cl2N3O3S/c23-17-5-2-6-18(24)21(17)20-8-7-16(30-20)10-14(11-25)22-26-19(12-31-22)13-3-1-4-15(9-13)27(28)29/h1-10,12H. The van der Waals surface area contributed by atoms with E-state index in [0.717, 1.165) is 0 Å². The number of nitriles is 1. The third-order valence-corrected chi connectivity index (χ3v) is 5.84. The van der Waals surface area contributed by atoms with Gasteiger partial charge >= 0.3 is 0 Å². The number of hydrogen-bond acceptors (Lipinski definition) is 6. The molecule has 6 nitrogen and oxygen atoms in total. The quantitative estimate of drug-likeness (QED) is 0.173. The van der Waals surface area contributed by atoms with Crippen LogP contribution in [0.15, 0.2) is 64.4 Å². The fraction of sp³-hybridized carbons (Fsp3) is 0. The predicted molar refractivity (Wildman–Crippen MR) is 122 cm³/mol. The molecule has 0 aliphatic heterocycles. The van der Waals surface area contributed by atoms with Gasteiger partial charge in [-0.05, 0) is 24.3 Å². The lowest BCUT2D eigenvalue weighted by molar-refractivity contribution is -0.384. The topological polar surface area (TPSA) is 93.0 Å². The molecule has 2 aromatic carbocycles. The Morgan fingerprint density at radius 1 is 1.16 bits per heavy atom.